The highest BCUT2D eigenvalue weighted by molar-refractivity contribution is 5.96. The molecule has 0 aliphatic heterocycles. The molecular weight excluding hydrogens is 208 g/mol. The van der Waals surface area contributed by atoms with E-state index < -0.39 is 5.91 Å². The van der Waals surface area contributed by atoms with Gasteiger partial charge in [0.1, 0.15) is 5.69 Å². The SMILES string of the molecule is NC(=O)c1cc(N)c(-n2ccnn2)c(N)c1. The number of carbonyl (C=O) groups is 1. The van der Waals surface area contributed by atoms with E-state index in [1.165, 1.54) is 23.0 Å². The van der Waals surface area contributed by atoms with E-state index in [2.05, 4.69) is 10.3 Å². The Labute approximate surface area is 90.8 Å². The fourth-order valence-electron chi connectivity index (χ4n) is 1.41. The van der Waals surface area contributed by atoms with Gasteiger partial charge in [0, 0.05) is 5.56 Å². The summed E-state index contributed by atoms with van der Waals surface area (Å²) in [7, 11) is 0. The zero-order chi connectivity index (χ0) is 11.7. The maximum Gasteiger partial charge on any atom is 0.248 e. The number of nitrogens with zero attached hydrogens (tertiary/aromatic N) is 3. The molecule has 7 heteroatoms. The molecule has 7 nitrogen and oxygen atoms in total. The highest BCUT2D eigenvalue weighted by Gasteiger charge is 2.11. The van der Waals surface area contributed by atoms with Crippen LogP contribution in [0.2, 0.25) is 0 Å². The van der Waals surface area contributed by atoms with Crippen molar-refractivity contribution in [3.63, 3.8) is 0 Å². The van der Waals surface area contributed by atoms with Gasteiger partial charge in [-0.3, -0.25) is 4.79 Å². The van der Waals surface area contributed by atoms with Crippen molar-refractivity contribution < 1.29 is 4.79 Å². The third kappa shape index (κ3) is 1.54. The molecule has 1 heterocycles. The van der Waals surface area contributed by atoms with Crippen LogP contribution in [0.3, 0.4) is 0 Å². The smallest absolute Gasteiger partial charge is 0.248 e. The van der Waals surface area contributed by atoms with Crippen LogP contribution in [0, 0.1) is 0 Å². The molecule has 0 bridgehead atoms. The van der Waals surface area contributed by atoms with Gasteiger partial charge in [-0.2, -0.15) is 0 Å². The average molecular weight is 218 g/mol. The van der Waals surface area contributed by atoms with Gasteiger partial charge in [0.05, 0.1) is 23.8 Å². The Morgan fingerprint density at radius 2 is 1.88 bits per heavy atom. The quantitative estimate of drug-likeness (QED) is 0.587. The lowest BCUT2D eigenvalue weighted by Crippen LogP contribution is -2.14. The third-order valence-corrected chi connectivity index (χ3v) is 2.11. The zero-order valence-corrected chi connectivity index (χ0v) is 8.29. The van der Waals surface area contributed by atoms with Gasteiger partial charge in [0.25, 0.3) is 0 Å². The normalized spacial score (nSPS) is 10.2. The minimum Gasteiger partial charge on any atom is -0.397 e. The van der Waals surface area contributed by atoms with Crippen LogP contribution in [0.4, 0.5) is 11.4 Å². The van der Waals surface area contributed by atoms with E-state index in [0.717, 1.165) is 0 Å². The van der Waals surface area contributed by atoms with Crippen LogP contribution < -0.4 is 17.2 Å². The summed E-state index contributed by atoms with van der Waals surface area (Å²) in [4.78, 5) is 11.0. The number of nitrogen functional groups attached to an aromatic ring is 2. The Balaban J connectivity index is 2.61. The van der Waals surface area contributed by atoms with Gasteiger partial charge in [0.15, 0.2) is 0 Å². The first-order chi connectivity index (χ1) is 7.59. The standard InChI is InChI=1S/C9H10N6O/c10-6-3-5(9(12)16)4-7(11)8(6)15-2-1-13-14-15/h1-4H,10-11H2,(H2,12,16). The number of anilines is 2. The van der Waals surface area contributed by atoms with Crippen molar-refractivity contribution in [1.29, 1.82) is 0 Å². The second kappa shape index (κ2) is 3.54. The summed E-state index contributed by atoms with van der Waals surface area (Å²) in [6, 6.07) is 2.91. The van der Waals surface area contributed by atoms with Crippen molar-refractivity contribution >= 4 is 17.3 Å². The summed E-state index contributed by atoms with van der Waals surface area (Å²) in [5.41, 5.74) is 18.1. The van der Waals surface area contributed by atoms with Crippen molar-refractivity contribution in [3.05, 3.63) is 30.1 Å². The molecule has 2 rings (SSSR count). The predicted molar refractivity (Wildman–Crippen MR) is 58.7 cm³/mol. The molecule has 0 saturated carbocycles. The van der Waals surface area contributed by atoms with E-state index in [0.29, 0.717) is 17.1 Å². The molecule has 0 spiro atoms. The van der Waals surface area contributed by atoms with Crippen LogP contribution in [-0.4, -0.2) is 20.9 Å². The van der Waals surface area contributed by atoms with Crippen molar-refractivity contribution in [1.82, 2.24) is 15.0 Å². The Kier molecular flexibility index (Phi) is 2.20. The van der Waals surface area contributed by atoms with Crippen LogP contribution >= 0.6 is 0 Å². The first-order valence-corrected chi connectivity index (χ1v) is 4.45. The first-order valence-electron chi connectivity index (χ1n) is 4.45. The topological polar surface area (TPSA) is 126 Å². The Morgan fingerprint density at radius 1 is 1.25 bits per heavy atom. The van der Waals surface area contributed by atoms with Gasteiger partial charge in [-0.25, -0.2) is 4.68 Å². The number of aromatic nitrogens is 3. The second-order valence-electron chi connectivity index (χ2n) is 3.22. The lowest BCUT2D eigenvalue weighted by atomic mass is 10.1. The van der Waals surface area contributed by atoms with Crippen LogP contribution in [0.25, 0.3) is 5.69 Å². The fraction of sp³-hybridized carbons (Fsp3) is 0. The molecule has 2 aromatic rings. The first kappa shape index (κ1) is 9.97. The number of hydrogen-bond acceptors (Lipinski definition) is 5. The summed E-state index contributed by atoms with van der Waals surface area (Å²) in [6.07, 6.45) is 3.10. The summed E-state index contributed by atoms with van der Waals surface area (Å²) in [5.74, 6) is -0.580. The van der Waals surface area contributed by atoms with Crippen molar-refractivity contribution in [3.8, 4) is 5.69 Å². The molecule has 82 valence electrons. The number of benzene rings is 1. The predicted octanol–water partition coefficient (Wildman–Crippen LogP) is -0.469. The maximum absolute atomic E-state index is 11.0. The lowest BCUT2D eigenvalue weighted by molar-refractivity contribution is 0.100. The van der Waals surface area contributed by atoms with Gasteiger partial charge >= 0.3 is 0 Å². The van der Waals surface area contributed by atoms with Crippen LogP contribution in [0.1, 0.15) is 10.4 Å². The van der Waals surface area contributed by atoms with Crippen LogP contribution in [-0.2, 0) is 0 Å². The van der Waals surface area contributed by atoms with Gasteiger partial charge < -0.3 is 17.2 Å². The molecule has 0 aliphatic rings. The molecule has 1 amide bonds. The van der Waals surface area contributed by atoms with E-state index in [4.69, 9.17) is 17.2 Å². The third-order valence-electron chi connectivity index (χ3n) is 2.11. The number of hydrogen-bond donors (Lipinski definition) is 3. The van der Waals surface area contributed by atoms with Crippen LogP contribution in [0.5, 0.6) is 0 Å². The van der Waals surface area contributed by atoms with E-state index >= 15 is 0 Å². The minimum atomic E-state index is -0.580. The van der Waals surface area contributed by atoms with E-state index in [-0.39, 0.29) is 5.56 Å². The molecule has 0 fully saturated rings. The maximum atomic E-state index is 11.0. The van der Waals surface area contributed by atoms with Crippen molar-refractivity contribution in [2.24, 2.45) is 5.73 Å². The van der Waals surface area contributed by atoms with Gasteiger partial charge in [-0.05, 0) is 12.1 Å². The van der Waals surface area contributed by atoms with Crippen LogP contribution in [0.15, 0.2) is 24.5 Å². The molecule has 0 unspecified atom stereocenters. The molecule has 1 aromatic carbocycles. The highest BCUT2D eigenvalue weighted by atomic mass is 16.1. The molecule has 0 saturated heterocycles. The molecule has 1 aromatic heterocycles. The van der Waals surface area contributed by atoms with E-state index in [1.807, 2.05) is 0 Å². The summed E-state index contributed by atoms with van der Waals surface area (Å²) < 4.78 is 1.43. The number of rotatable bonds is 2. The minimum absolute atomic E-state index is 0.263. The Bertz CT molecular complexity index is 510. The van der Waals surface area contributed by atoms with E-state index in [1.54, 1.807) is 6.20 Å². The molecule has 16 heavy (non-hydrogen) atoms. The van der Waals surface area contributed by atoms with Crippen molar-refractivity contribution in [2.45, 2.75) is 0 Å². The Morgan fingerprint density at radius 3 is 2.31 bits per heavy atom. The van der Waals surface area contributed by atoms with Crippen molar-refractivity contribution in [2.75, 3.05) is 11.5 Å². The highest BCUT2D eigenvalue weighted by Crippen LogP contribution is 2.25. The van der Waals surface area contributed by atoms with Gasteiger partial charge in [0.2, 0.25) is 5.91 Å². The average Bonchev–Trinajstić information content (AvgIpc) is 2.69. The summed E-state index contributed by atoms with van der Waals surface area (Å²) in [5, 5.41) is 7.42. The number of amides is 1. The largest absolute Gasteiger partial charge is 0.397 e. The second-order valence-corrected chi connectivity index (χ2v) is 3.22. The number of nitrogens with two attached hydrogens (primary N) is 3. The molecule has 6 N–H and O–H groups in total. The number of primary amides is 1. The number of carbonyl (C=O) groups excluding carboxylic acids is 1. The molecule has 0 radical (unpaired) electrons. The zero-order valence-electron chi connectivity index (χ0n) is 8.29. The molecule has 0 atom stereocenters. The fourth-order valence-corrected chi connectivity index (χ4v) is 1.41. The summed E-state index contributed by atoms with van der Waals surface area (Å²) in [6.45, 7) is 0. The summed E-state index contributed by atoms with van der Waals surface area (Å²) >= 11 is 0. The monoisotopic (exact) mass is 218 g/mol. The Hall–Kier alpha value is -2.57. The van der Waals surface area contributed by atoms with E-state index in [9.17, 15) is 4.79 Å². The molecule has 0 aliphatic carbocycles. The van der Waals surface area contributed by atoms with Gasteiger partial charge in [-0.15, -0.1) is 5.10 Å². The van der Waals surface area contributed by atoms with Gasteiger partial charge in [-0.1, -0.05) is 5.21 Å². The lowest BCUT2D eigenvalue weighted by Gasteiger charge is -2.09. The molecular formula is C9H10N6O.